The Labute approximate surface area is 186 Å². The monoisotopic (exact) mass is 438 g/mol. The molecule has 7 nitrogen and oxygen atoms in total. The fraction of sp³-hybridized carbons (Fsp3) is 0.435. The van der Waals surface area contributed by atoms with Gasteiger partial charge in [-0.3, -0.25) is 0 Å². The van der Waals surface area contributed by atoms with E-state index in [1.807, 2.05) is 6.07 Å². The predicted molar refractivity (Wildman–Crippen MR) is 129 cm³/mol. The third-order valence-corrected chi connectivity index (χ3v) is 8.13. The van der Waals surface area contributed by atoms with Gasteiger partial charge in [0.25, 0.3) is 0 Å². The van der Waals surface area contributed by atoms with Gasteiger partial charge in [0, 0.05) is 38.8 Å². The summed E-state index contributed by atoms with van der Waals surface area (Å²) in [6.07, 6.45) is 6.46. The largest absolute Gasteiger partial charge is 0.355 e. The quantitative estimate of drug-likeness (QED) is 0.437. The molecule has 1 spiro atoms. The lowest BCUT2D eigenvalue weighted by Gasteiger charge is -2.49. The number of rotatable bonds is 5. The van der Waals surface area contributed by atoms with Crippen LogP contribution in [-0.4, -0.2) is 39.1 Å². The number of fused-ring (bicyclic) bond motifs is 2. The molecule has 4 aromatic rings. The maximum Gasteiger partial charge on any atom is 0.323 e. The number of thiophene rings is 1. The van der Waals surface area contributed by atoms with Crippen molar-refractivity contribution in [3.8, 4) is 0 Å². The van der Waals surface area contributed by atoms with Gasteiger partial charge in [0.15, 0.2) is 0 Å². The van der Waals surface area contributed by atoms with Crippen LogP contribution in [0.15, 0.2) is 35.4 Å². The number of nitrogens with one attached hydrogen (secondary N) is 3. The molecule has 1 saturated heterocycles. The molecular formula is C23H30N6OS. The average Bonchev–Trinajstić information content (AvgIpc) is 3.45. The Balaban J connectivity index is 0.00000130. The zero-order valence-electron chi connectivity index (χ0n) is 17.6. The van der Waals surface area contributed by atoms with Crippen molar-refractivity contribution >= 4 is 38.4 Å². The fourth-order valence-corrected chi connectivity index (χ4v) is 6.28. The molecule has 0 amide bonds. The van der Waals surface area contributed by atoms with E-state index in [-0.39, 0.29) is 8.54 Å². The zero-order valence-corrected chi connectivity index (χ0v) is 18.4. The maximum atomic E-state index is 11.5. The number of anilines is 1. The van der Waals surface area contributed by atoms with Crippen LogP contribution >= 0.6 is 11.3 Å². The summed E-state index contributed by atoms with van der Waals surface area (Å²) in [6.45, 7) is 5.20. The van der Waals surface area contributed by atoms with Crippen LogP contribution in [0.4, 0.5) is 5.82 Å². The number of aromatic amines is 2. The summed E-state index contributed by atoms with van der Waals surface area (Å²) in [5, 5.41) is 4.96. The number of hydrogen-bond acceptors (Lipinski definition) is 6. The SMILES string of the molecule is CCc1cc2c(N3CC4(CCC(NCc5ccc6[nH]c(=O)[nH]c6c5)C4)C3)ncnc2s1.[HH].[HH]. The van der Waals surface area contributed by atoms with Gasteiger partial charge in [-0.15, -0.1) is 11.3 Å². The van der Waals surface area contributed by atoms with Gasteiger partial charge in [-0.25, -0.2) is 14.8 Å². The fourth-order valence-electron chi connectivity index (χ4n) is 5.35. The third-order valence-electron chi connectivity index (χ3n) is 6.94. The summed E-state index contributed by atoms with van der Waals surface area (Å²) in [5.74, 6) is 1.11. The van der Waals surface area contributed by atoms with E-state index >= 15 is 0 Å². The highest BCUT2D eigenvalue weighted by molar-refractivity contribution is 7.18. The lowest BCUT2D eigenvalue weighted by molar-refractivity contribution is 0.214. The topological polar surface area (TPSA) is 89.7 Å². The molecule has 164 valence electrons. The van der Waals surface area contributed by atoms with E-state index in [0.717, 1.165) is 47.7 Å². The second-order valence-electron chi connectivity index (χ2n) is 9.12. The van der Waals surface area contributed by atoms with Gasteiger partial charge in [0.05, 0.1) is 16.4 Å². The number of benzene rings is 1. The lowest BCUT2D eigenvalue weighted by atomic mass is 9.78. The first-order chi connectivity index (χ1) is 15.1. The Hall–Kier alpha value is -2.71. The summed E-state index contributed by atoms with van der Waals surface area (Å²) < 4.78 is 0. The van der Waals surface area contributed by atoms with Crippen molar-refractivity contribution in [1.29, 1.82) is 0 Å². The minimum Gasteiger partial charge on any atom is -0.355 e. The van der Waals surface area contributed by atoms with Crippen LogP contribution in [0.25, 0.3) is 21.3 Å². The van der Waals surface area contributed by atoms with Gasteiger partial charge >= 0.3 is 5.69 Å². The van der Waals surface area contributed by atoms with Crippen molar-refractivity contribution in [2.45, 2.75) is 45.2 Å². The number of aryl methyl sites for hydroxylation is 1. The van der Waals surface area contributed by atoms with Crippen LogP contribution in [0.5, 0.6) is 0 Å². The highest BCUT2D eigenvalue weighted by atomic mass is 32.1. The minimum absolute atomic E-state index is 0. The van der Waals surface area contributed by atoms with Gasteiger partial charge in [0.2, 0.25) is 0 Å². The Morgan fingerprint density at radius 2 is 2.13 bits per heavy atom. The minimum atomic E-state index is -0.151. The van der Waals surface area contributed by atoms with Crippen LogP contribution in [0.1, 0.15) is 39.5 Å². The van der Waals surface area contributed by atoms with Crippen molar-refractivity contribution in [2.24, 2.45) is 5.41 Å². The number of imidazole rings is 1. The van der Waals surface area contributed by atoms with Gasteiger partial charge in [0.1, 0.15) is 17.0 Å². The summed E-state index contributed by atoms with van der Waals surface area (Å²) in [7, 11) is 0. The molecule has 0 bridgehead atoms. The van der Waals surface area contributed by atoms with Crippen molar-refractivity contribution in [1.82, 2.24) is 25.3 Å². The number of aromatic nitrogens is 4. The van der Waals surface area contributed by atoms with Gasteiger partial charge in [-0.05, 0) is 49.4 Å². The van der Waals surface area contributed by atoms with Crippen molar-refractivity contribution < 1.29 is 2.85 Å². The Morgan fingerprint density at radius 3 is 3.00 bits per heavy atom. The first-order valence-corrected chi connectivity index (χ1v) is 11.9. The van der Waals surface area contributed by atoms with Crippen LogP contribution < -0.4 is 15.9 Å². The molecule has 2 fully saturated rings. The van der Waals surface area contributed by atoms with E-state index in [1.165, 1.54) is 35.1 Å². The zero-order chi connectivity index (χ0) is 21.0. The molecule has 31 heavy (non-hydrogen) atoms. The molecule has 1 aliphatic heterocycles. The van der Waals surface area contributed by atoms with E-state index in [2.05, 4.69) is 55.3 Å². The maximum absolute atomic E-state index is 11.5. The smallest absolute Gasteiger partial charge is 0.323 e. The summed E-state index contributed by atoms with van der Waals surface area (Å²) in [5.41, 5.74) is 3.19. The highest BCUT2D eigenvalue weighted by Crippen LogP contribution is 2.48. The first kappa shape index (κ1) is 19.0. The summed E-state index contributed by atoms with van der Waals surface area (Å²) in [4.78, 5) is 31.1. The predicted octanol–water partition coefficient (Wildman–Crippen LogP) is 4.06. The standard InChI is InChI=1S/C23H26N6OS.2H2/c1-2-16-8-17-20(25-13-26-21(17)31-16)29-11-23(12-29)6-5-15(9-23)24-10-14-3-4-18-19(7-14)28-22(30)27-18;;/h3-4,7-8,13,15,24H,2,5-6,9-12H2,1H3,(H2,27,28,30);2*1H. The molecule has 8 heteroatoms. The molecule has 3 aromatic heterocycles. The van der Waals surface area contributed by atoms with Crippen molar-refractivity contribution in [3.63, 3.8) is 0 Å². The highest BCUT2D eigenvalue weighted by Gasteiger charge is 2.48. The van der Waals surface area contributed by atoms with Crippen LogP contribution in [0, 0.1) is 5.41 Å². The molecule has 1 saturated carbocycles. The molecule has 1 unspecified atom stereocenters. The molecule has 2 aliphatic rings. The second kappa shape index (κ2) is 7.17. The van der Waals surface area contributed by atoms with Crippen LogP contribution in [-0.2, 0) is 13.0 Å². The first-order valence-electron chi connectivity index (χ1n) is 11.0. The molecule has 6 rings (SSSR count). The second-order valence-corrected chi connectivity index (χ2v) is 10.2. The van der Waals surface area contributed by atoms with Crippen LogP contribution in [0.2, 0.25) is 0 Å². The normalized spacial score (nSPS) is 20.2. The Morgan fingerprint density at radius 1 is 1.26 bits per heavy atom. The number of H-pyrrole nitrogens is 2. The van der Waals surface area contributed by atoms with Gasteiger partial charge in [-0.1, -0.05) is 13.0 Å². The molecule has 1 atom stereocenters. The van der Waals surface area contributed by atoms with E-state index in [4.69, 9.17) is 0 Å². The molecule has 1 aliphatic carbocycles. The van der Waals surface area contributed by atoms with Crippen molar-refractivity contribution in [2.75, 3.05) is 18.0 Å². The van der Waals surface area contributed by atoms with E-state index < -0.39 is 0 Å². The lowest BCUT2D eigenvalue weighted by Crippen LogP contribution is -2.56. The number of hydrogen-bond donors (Lipinski definition) is 3. The Kier molecular flexibility index (Phi) is 4.40. The Bertz CT molecular complexity index is 1330. The molecular weight excluding hydrogens is 408 g/mol. The van der Waals surface area contributed by atoms with Crippen LogP contribution in [0.3, 0.4) is 0 Å². The van der Waals surface area contributed by atoms with E-state index in [1.54, 1.807) is 17.7 Å². The average molecular weight is 439 g/mol. The number of nitrogens with zero attached hydrogens (tertiary/aromatic N) is 3. The molecule has 1 aromatic carbocycles. The molecule has 3 N–H and O–H groups in total. The molecule has 4 heterocycles. The summed E-state index contributed by atoms with van der Waals surface area (Å²) in [6, 6.07) is 8.93. The van der Waals surface area contributed by atoms with E-state index in [9.17, 15) is 4.79 Å². The molecule has 0 radical (unpaired) electrons. The van der Waals surface area contributed by atoms with Crippen molar-refractivity contribution in [3.05, 3.63) is 51.5 Å². The van der Waals surface area contributed by atoms with Gasteiger partial charge in [-0.2, -0.15) is 0 Å². The van der Waals surface area contributed by atoms with E-state index in [0.29, 0.717) is 11.5 Å². The van der Waals surface area contributed by atoms with Gasteiger partial charge < -0.3 is 20.2 Å². The summed E-state index contributed by atoms with van der Waals surface area (Å²) >= 11 is 1.78. The third kappa shape index (κ3) is 3.34.